The minimum absolute atomic E-state index is 0.506. The van der Waals surface area contributed by atoms with E-state index < -0.39 is 0 Å². The van der Waals surface area contributed by atoms with E-state index in [9.17, 15) is 5.21 Å². The molecule has 0 radical (unpaired) electrons. The van der Waals surface area contributed by atoms with Crippen molar-refractivity contribution in [2.24, 2.45) is 0 Å². The van der Waals surface area contributed by atoms with Crippen molar-refractivity contribution >= 4 is 17.6 Å². The molecule has 0 saturated carbocycles. The topological polar surface area (TPSA) is 53.1 Å². The molecule has 2 aromatic rings. The first-order valence-corrected chi connectivity index (χ1v) is 7.34. The van der Waals surface area contributed by atoms with Crippen LogP contribution in [0.1, 0.15) is 25.0 Å². The molecule has 0 bridgehead atoms. The van der Waals surface area contributed by atoms with Gasteiger partial charge in [-0.25, -0.2) is 0 Å². The largest absolute Gasteiger partial charge is 0.618 e. The Bertz CT molecular complexity index is 678. The highest BCUT2D eigenvalue weighted by molar-refractivity contribution is 5.77. The molecule has 0 fully saturated rings. The van der Waals surface area contributed by atoms with Gasteiger partial charge in [0.25, 0.3) is 0 Å². The lowest BCUT2D eigenvalue weighted by Crippen LogP contribution is -2.21. The standard InChI is InChI=1S/C18H19N3O/c1-3-20(4-2)17-9-7-16(8-10-17)14-21(22)18-11-5-15(13-19)6-12-18/h5-12,14H,3-4H2,1-2H3. The second-order valence-electron chi connectivity index (χ2n) is 4.88. The summed E-state index contributed by atoms with van der Waals surface area (Å²) in [5.41, 5.74) is 3.04. The van der Waals surface area contributed by atoms with Crippen LogP contribution in [0.3, 0.4) is 0 Å². The molecule has 0 saturated heterocycles. The maximum Gasteiger partial charge on any atom is 0.216 e. The zero-order chi connectivity index (χ0) is 15.9. The molecule has 4 heteroatoms. The molecule has 22 heavy (non-hydrogen) atoms. The highest BCUT2D eigenvalue weighted by Gasteiger charge is 2.04. The zero-order valence-electron chi connectivity index (χ0n) is 12.9. The van der Waals surface area contributed by atoms with E-state index >= 15 is 0 Å². The second kappa shape index (κ2) is 7.28. The van der Waals surface area contributed by atoms with Crippen LogP contribution >= 0.6 is 0 Å². The molecule has 0 N–H and O–H groups in total. The van der Waals surface area contributed by atoms with Crippen LogP contribution in [0.15, 0.2) is 48.5 Å². The Morgan fingerprint density at radius 2 is 1.64 bits per heavy atom. The van der Waals surface area contributed by atoms with Crippen LogP contribution in [0, 0.1) is 16.5 Å². The van der Waals surface area contributed by atoms with Gasteiger partial charge < -0.3 is 10.1 Å². The normalized spacial score (nSPS) is 11.0. The van der Waals surface area contributed by atoms with Crippen molar-refractivity contribution in [3.8, 4) is 6.07 Å². The highest BCUT2D eigenvalue weighted by atomic mass is 16.5. The number of nitriles is 1. The molecule has 2 aromatic carbocycles. The second-order valence-corrected chi connectivity index (χ2v) is 4.88. The van der Waals surface area contributed by atoms with Crippen LogP contribution in [0.4, 0.5) is 11.4 Å². The van der Waals surface area contributed by atoms with Crippen molar-refractivity contribution in [1.82, 2.24) is 0 Å². The Morgan fingerprint density at radius 1 is 1.05 bits per heavy atom. The fraction of sp³-hybridized carbons (Fsp3) is 0.222. The average Bonchev–Trinajstić information content (AvgIpc) is 2.57. The van der Waals surface area contributed by atoms with Crippen molar-refractivity contribution in [3.05, 3.63) is 64.9 Å². The molecule has 2 rings (SSSR count). The first-order chi connectivity index (χ1) is 10.7. The molecule has 0 aliphatic rings. The van der Waals surface area contributed by atoms with Crippen LogP contribution in [0.5, 0.6) is 0 Å². The van der Waals surface area contributed by atoms with Gasteiger partial charge >= 0.3 is 0 Å². The molecule has 0 heterocycles. The van der Waals surface area contributed by atoms with E-state index in [-0.39, 0.29) is 0 Å². The maximum atomic E-state index is 12.1. The van der Waals surface area contributed by atoms with Crippen molar-refractivity contribution in [1.29, 1.82) is 5.26 Å². The van der Waals surface area contributed by atoms with Gasteiger partial charge in [-0.15, -0.1) is 0 Å². The predicted octanol–water partition coefficient (Wildman–Crippen LogP) is 3.67. The van der Waals surface area contributed by atoms with Crippen molar-refractivity contribution in [2.45, 2.75) is 13.8 Å². The Labute approximate surface area is 131 Å². The maximum absolute atomic E-state index is 12.1. The molecule has 0 spiro atoms. The van der Waals surface area contributed by atoms with Crippen LogP contribution in [0.25, 0.3) is 0 Å². The Morgan fingerprint density at radius 3 is 2.14 bits per heavy atom. The van der Waals surface area contributed by atoms with Gasteiger partial charge in [0.15, 0.2) is 6.21 Å². The first kappa shape index (κ1) is 15.6. The summed E-state index contributed by atoms with van der Waals surface area (Å²) in [5, 5.41) is 20.9. The fourth-order valence-electron chi connectivity index (χ4n) is 2.25. The van der Waals surface area contributed by atoms with Crippen LogP contribution < -0.4 is 4.90 Å². The molecule has 4 nitrogen and oxygen atoms in total. The van der Waals surface area contributed by atoms with E-state index in [1.807, 2.05) is 30.3 Å². The third-order valence-corrected chi connectivity index (χ3v) is 3.54. The van der Waals surface area contributed by atoms with E-state index in [0.717, 1.165) is 29.1 Å². The van der Waals surface area contributed by atoms with Gasteiger partial charge in [-0.1, -0.05) is 0 Å². The molecule has 0 aliphatic heterocycles. The van der Waals surface area contributed by atoms with Crippen molar-refractivity contribution < 1.29 is 4.74 Å². The Kier molecular flexibility index (Phi) is 5.16. The Balaban J connectivity index is 2.19. The van der Waals surface area contributed by atoms with Crippen molar-refractivity contribution in [3.63, 3.8) is 0 Å². The van der Waals surface area contributed by atoms with E-state index in [4.69, 9.17) is 5.26 Å². The van der Waals surface area contributed by atoms with Crippen LogP contribution in [-0.2, 0) is 0 Å². The van der Waals surface area contributed by atoms with Gasteiger partial charge in [-0.2, -0.15) is 10.0 Å². The minimum Gasteiger partial charge on any atom is -0.618 e. The number of nitrogens with zero attached hydrogens (tertiary/aromatic N) is 3. The summed E-state index contributed by atoms with van der Waals surface area (Å²) in [5.74, 6) is 0. The lowest BCUT2D eigenvalue weighted by atomic mass is 10.2. The summed E-state index contributed by atoms with van der Waals surface area (Å²) in [6.45, 7) is 6.15. The molecule has 0 atom stereocenters. The molecule has 0 aromatic heterocycles. The van der Waals surface area contributed by atoms with E-state index in [1.54, 1.807) is 24.3 Å². The van der Waals surface area contributed by atoms with Gasteiger partial charge in [0, 0.05) is 36.5 Å². The summed E-state index contributed by atoms with van der Waals surface area (Å²) in [7, 11) is 0. The zero-order valence-corrected chi connectivity index (χ0v) is 12.9. The summed E-state index contributed by atoms with van der Waals surface area (Å²) < 4.78 is 0.813. The van der Waals surface area contributed by atoms with Crippen molar-refractivity contribution in [2.75, 3.05) is 18.0 Å². The van der Waals surface area contributed by atoms with Crippen LogP contribution in [-0.4, -0.2) is 24.0 Å². The predicted molar refractivity (Wildman–Crippen MR) is 89.6 cm³/mol. The number of rotatable bonds is 5. The average molecular weight is 293 g/mol. The first-order valence-electron chi connectivity index (χ1n) is 7.34. The van der Waals surface area contributed by atoms with E-state index in [2.05, 4.69) is 18.7 Å². The fourth-order valence-corrected chi connectivity index (χ4v) is 2.25. The lowest BCUT2D eigenvalue weighted by Gasteiger charge is -2.20. The lowest BCUT2D eigenvalue weighted by molar-refractivity contribution is -0.354. The summed E-state index contributed by atoms with van der Waals surface area (Å²) in [6, 6.07) is 16.5. The number of anilines is 1. The molecule has 0 aliphatic carbocycles. The monoisotopic (exact) mass is 293 g/mol. The van der Waals surface area contributed by atoms with Gasteiger partial charge in [0.2, 0.25) is 5.69 Å². The number of hydrogen-bond acceptors (Lipinski definition) is 3. The van der Waals surface area contributed by atoms with Gasteiger partial charge in [-0.05, 0) is 50.2 Å². The van der Waals surface area contributed by atoms with Gasteiger partial charge in [0.05, 0.1) is 11.6 Å². The molecular weight excluding hydrogens is 274 g/mol. The summed E-state index contributed by atoms with van der Waals surface area (Å²) >= 11 is 0. The van der Waals surface area contributed by atoms with Crippen LogP contribution in [0.2, 0.25) is 0 Å². The molecule has 0 unspecified atom stereocenters. The van der Waals surface area contributed by atoms with Gasteiger partial charge in [0.1, 0.15) is 0 Å². The summed E-state index contributed by atoms with van der Waals surface area (Å²) in [6.07, 6.45) is 1.54. The Hall–Kier alpha value is -2.80. The smallest absolute Gasteiger partial charge is 0.216 e. The SMILES string of the molecule is CCN(CC)c1ccc(C=[N+]([O-])c2ccc(C#N)cc2)cc1. The molecule has 112 valence electrons. The molecular formula is C18H19N3O. The van der Waals surface area contributed by atoms with Gasteiger partial charge in [-0.3, -0.25) is 0 Å². The third-order valence-electron chi connectivity index (χ3n) is 3.54. The third kappa shape index (κ3) is 3.64. The quantitative estimate of drug-likeness (QED) is 0.366. The highest BCUT2D eigenvalue weighted by Crippen LogP contribution is 2.15. The summed E-state index contributed by atoms with van der Waals surface area (Å²) in [4.78, 5) is 2.25. The molecule has 0 amide bonds. The number of benzene rings is 2. The minimum atomic E-state index is 0.506. The van der Waals surface area contributed by atoms with E-state index in [1.165, 1.54) is 6.21 Å². The number of hydrogen-bond donors (Lipinski definition) is 0. The van der Waals surface area contributed by atoms with E-state index in [0.29, 0.717) is 11.3 Å².